The minimum atomic E-state index is 0.779. The fourth-order valence-electron chi connectivity index (χ4n) is 1.91. The van der Waals surface area contributed by atoms with E-state index in [1.54, 1.807) is 0 Å². The van der Waals surface area contributed by atoms with Crippen LogP contribution in [0.15, 0.2) is 28.7 Å². The average Bonchev–Trinajstić information content (AvgIpc) is 2.28. The van der Waals surface area contributed by atoms with Gasteiger partial charge in [0, 0.05) is 9.80 Å². The van der Waals surface area contributed by atoms with Crippen molar-refractivity contribution in [2.45, 2.75) is 39.0 Å². The van der Waals surface area contributed by atoms with Crippen molar-refractivity contribution in [1.82, 2.24) is 0 Å². The first-order chi connectivity index (χ1) is 7.76. The van der Waals surface area contributed by atoms with Crippen LogP contribution >= 0.6 is 31.9 Å². The molecular formula is C14H20Br2. The minimum absolute atomic E-state index is 0.779. The number of benzene rings is 1. The van der Waals surface area contributed by atoms with Crippen LogP contribution in [0.2, 0.25) is 0 Å². The summed E-state index contributed by atoms with van der Waals surface area (Å²) in [7, 11) is 0. The van der Waals surface area contributed by atoms with Crippen LogP contribution in [-0.2, 0) is 6.42 Å². The lowest BCUT2D eigenvalue weighted by Gasteiger charge is -2.13. The normalized spacial score (nSPS) is 12.7. The zero-order chi connectivity index (χ0) is 11.8. The van der Waals surface area contributed by atoms with Crippen LogP contribution in [0.25, 0.3) is 0 Å². The van der Waals surface area contributed by atoms with E-state index in [1.165, 1.54) is 42.1 Å². The molecule has 0 aromatic heterocycles. The van der Waals surface area contributed by atoms with Gasteiger partial charge in [-0.2, -0.15) is 0 Å². The highest BCUT2D eigenvalue weighted by Crippen LogP contribution is 2.20. The zero-order valence-corrected chi connectivity index (χ0v) is 13.1. The molecule has 0 aliphatic rings. The highest BCUT2D eigenvalue weighted by Gasteiger charge is 2.08. The van der Waals surface area contributed by atoms with Crippen LogP contribution in [-0.4, -0.2) is 5.33 Å². The number of halogens is 2. The molecule has 0 aliphatic carbocycles. The van der Waals surface area contributed by atoms with Crippen molar-refractivity contribution < 1.29 is 0 Å². The lowest BCUT2D eigenvalue weighted by molar-refractivity contribution is 0.503. The number of hydrogen-bond donors (Lipinski definition) is 0. The quantitative estimate of drug-likeness (QED) is 0.446. The second-order valence-electron chi connectivity index (χ2n) is 4.35. The topological polar surface area (TPSA) is 0 Å². The van der Waals surface area contributed by atoms with Crippen LogP contribution in [0.4, 0.5) is 0 Å². The molecule has 1 aromatic carbocycles. The van der Waals surface area contributed by atoms with Gasteiger partial charge < -0.3 is 0 Å². The van der Waals surface area contributed by atoms with E-state index in [-0.39, 0.29) is 0 Å². The maximum Gasteiger partial charge on any atom is 0.0177 e. The molecule has 0 nitrogen and oxygen atoms in total. The summed E-state index contributed by atoms with van der Waals surface area (Å²) in [4.78, 5) is 0. The van der Waals surface area contributed by atoms with Crippen LogP contribution in [0.1, 0.15) is 38.2 Å². The van der Waals surface area contributed by atoms with Crippen LogP contribution < -0.4 is 0 Å². The smallest absolute Gasteiger partial charge is 0.0177 e. The summed E-state index contributed by atoms with van der Waals surface area (Å²) in [5.41, 5.74) is 1.44. The zero-order valence-electron chi connectivity index (χ0n) is 9.89. The van der Waals surface area contributed by atoms with Crippen molar-refractivity contribution in [1.29, 1.82) is 0 Å². The summed E-state index contributed by atoms with van der Waals surface area (Å²) >= 11 is 7.16. The van der Waals surface area contributed by atoms with Gasteiger partial charge in [0.2, 0.25) is 0 Å². The van der Waals surface area contributed by atoms with Gasteiger partial charge in [-0.05, 0) is 36.5 Å². The fourth-order valence-corrected chi connectivity index (χ4v) is 2.91. The molecule has 0 fully saturated rings. The van der Waals surface area contributed by atoms with Crippen LogP contribution in [0.3, 0.4) is 0 Å². The predicted molar refractivity (Wildman–Crippen MR) is 79.3 cm³/mol. The minimum Gasteiger partial charge on any atom is -0.0925 e. The lowest BCUT2D eigenvalue weighted by Crippen LogP contribution is -2.06. The third-order valence-corrected chi connectivity index (χ3v) is 4.26. The first-order valence-corrected chi connectivity index (χ1v) is 7.98. The number of rotatable bonds is 7. The van der Waals surface area contributed by atoms with Crippen molar-refractivity contribution in [2.75, 3.05) is 5.33 Å². The Morgan fingerprint density at radius 3 is 2.69 bits per heavy atom. The van der Waals surface area contributed by atoms with Crippen LogP contribution in [0, 0.1) is 5.92 Å². The Balaban J connectivity index is 2.43. The van der Waals surface area contributed by atoms with E-state index in [2.05, 4.69) is 63.0 Å². The van der Waals surface area contributed by atoms with E-state index in [4.69, 9.17) is 0 Å². The first-order valence-electron chi connectivity index (χ1n) is 6.06. The molecule has 0 aliphatic heterocycles. The molecule has 0 bridgehead atoms. The molecule has 1 rings (SSSR count). The summed E-state index contributed by atoms with van der Waals surface area (Å²) in [5.74, 6) is 0.779. The Morgan fingerprint density at radius 2 is 2.06 bits per heavy atom. The molecule has 0 spiro atoms. The van der Waals surface area contributed by atoms with E-state index >= 15 is 0 Å². The van der Waals surface area contributed by atoms with Crippen LogP contribution in [0.5, 0.6) is 0 Å². The third-order valence-electron chi connectivity index (χ3n) is 2.85. The molecule has 1 aromatic rings. The van der Waals surface area contributed by atoms with Gasteiger partial charge in [0.05, 0.1) is 0 Å². The molecule has 1 unspecified atom stereocenters. The SMILES string of the molecule is CCCCCC(CBr)Cc1cccc(Br)c1. The van der Waals surface area contributed by atoms with E-state index in [0.717, 1.165) is 11.2 Å². The molecule has 0 saturated carbocycles. The summed E-state index contributed by atoms with van der Waals surface area (Å²) in [6.07, 6.45) is 6.56. The van der Waals surface area contributed by atoms with Gasteiger partial charge in [0.15, 0.2) is 0 Å². The summed E-state index contributed by atoms with van der Waals surface area (Å²) in [5, 5.41) is 1.11. The van der Waals surface area contributed by atoms with Crippen molar-refractivity contribution in [3.63, 3.8) is 0 Å². The van der Waals surface area contributed by atoms with E-state index in [1.807, 2.05) is 0 Å². The van der Waals surface area contributed by atoms with Gasteiger partial charge in [-0.3, -0.25) is 0 Å². The molecule has 16 heavy (non-hydrogen) atoms. The summed E-state index contributed by atoms with van der Waals surface area (Å²) in [6.45, 7) is 2.26. The maximum absolute atomic E-state index is 3.63. The van der Waals surface area contributed by atoms with Gasteiger partial charge in [0.1, 0.15) is 0 Å². The summed E-state index contributed by atoms with van der Waals surface area (Å²) < 4.78 is 1.19. The van der Waals surface area contributed by atoms with Crippen molar-refractivity contribution >= 4 is 31.9 Å². The molecular weight excluding hydrogens is 328 g/mol. The molecule has 0 radical (unpaired) electrons. The van der Waals surface area contributed by atoms with Gasteiger partial charge in [0.25, 0.3) is 0 Å². The molecule has 90 valence electrons. The van der Waals surface area contributed by atoms with Gasteiger partial charge in [-0.1, -0.05) is 70.2 Å². The Labute approximate surface area is 116 Å². The number of unbranched alkanes of at least 4 members (excludes halogenated alkanes) is 2. The Morgan fingerprint density at radius 1 is 1.25 bits per heavy atom. The van der Waals surface area contributed by atoms with Gasteiger partial charge >= 0.3 is 0 Å². The molecule has 1 atom stereocenters. The largest absolute Gasteiger partial charge is 0.0925 e. The van der Waals surface area contributed by atoms with Crippen molar-refractivity contribution in [3.8, 4) is 0 Å². The number of hydrogen-bond acceptors (Lipinski definition) is 0. The van der Waals surface area contributed by atoms with E-state index < -0.39 is 0 Å². The first kappa shape index (κ1) is 14.2. The summed E-state index contributed by atoms with van der Waals surface area (Å²) in [6, 6.07) is 8.66. The lowest BCUT2D eigenvalue weighted by atomic mass is 9.95. The maximum atomic E-state index is 3.63. The number of alkyl halides is 1. The van der Waals surface area contributed by atoms with Crippen molar-refractivity contribution in [2.24, 2.45) is 5.92 Å². The average molecular weight is 348 g/mol. The second kappa shape index (κ2) is 8.30. The second-order valence-corrected chi connectivity index (χ2v) is 5.91. The van der Waals surface area contributed by atoms with E-state index in [9.17, 15) is 0 Å². The standard InChI is InChI=1S/C14H20Br2/c1-2-3-4-6-13(11-15)9-12-7-5-8-14(16)10-12/h5,7-8,10,13H,2-4,6,9,11H2,1H3. The van der Waals surface area contributed by atoms with Gasteiger partial charge in [-0.25, -0.2) is 0 Å². The fraction of sp³-hybridized carbons (Fsp3) is 0.571. The Hall–Kier alpha value is 0.180. The Bertz CT molecular complexity index is 297. The van der Waals surface area contributed by atoms with E-state index in [0.29, 0.717) is 0 Å². The monoisotopic (exact) mass is 346 g/mol. The molecule has 0 N–H and O–H groups in total. The Kier molecular flexibility index (Phi) is 7.39. The van der Waals surface area contributed by atoms with Gasteiger partial charge in [-0.15, -0.1) is 0 Å². The molecule has 0 saturated heterocycles. The molecule has 0 amide bonds. The van der Waals surface area contributed by atoms with Crippen molar-refractivity contribution in [3.05, 3.63) is 34.3 Å². The predicted octanol–water partition coefficient (Wildman–Crippen LogP) is 5.58. The molecule has 0 heterocycles. The highest BCUT2D eigenvalue weighted by molar-refractivity contribution is 9.10. The third kappa shape index (κ3) is 5.49. The molecule has 2 heteroatoms. The highest BCUT2D eigenvalue weighted by atomic mass is 79.9.